The lowest BCUT2D eigenvalue weighted by Crippen LogP contribution is -2.26. The molecule has 0 atom stereocenters. The normalized spacial score (nSPS) is 14.0. The number of carbonyl (C=O) groups is 1. The Kier molecular flexibility index (Phi) is 3.74. The summed E-state index contributed by atoms with van der Waals surface area (Å²) in [6.45, 7) is 4.54. The van der Waals surface area contributed by atoms with Crippen molar-refractivity contribution < 1.29 is 13.2 Å². The summed E-state index contributed by atoms with van der Waals surface area (Å²) >= 11 is 0. The van der Waals surface area contributed by atoms with E-state index >= 15 is 0 Å². The highest BCUT2D eigenvalue weighted by Crippen LogP contribution is 2.26. The lowest BCUT2D eigenvalue weighted by Gasteiger charge is -2.17. The fourth-order valence-corrected chi connectivity index (χ4v) is 3.78. The summed E-state index contributed by atoms with van der Waals surface area (Å²) in [5, 5.41) is 5.27. The highest BCUT2D eigenvalue weighted by Gasteiger charge is 2.25. The molecule has 0 saturated heterocycles. The van der Waals surface area contributed by atoms with Gasteiger partial charge in [-0.25, -0.2) is 13.6 Å². The minimum atomic E-state index is -3.86. The fraction of sp³-hybridized carbons (Fsp3) is 0.235. The summed E-state index contributed by atoms with van der Waals surface area (Å²) in [5.41, 5.74) is 3.91. The zero-order valence-electron chi connectivity index (χ0n) is 13.0. The Bertz CT molecular complexity index is 879. The Morgan fingerprint density at radius 1 is 1.09 bits per heavy atom. The molecule has 120 valence electrons. The second-order valence-electron chi connectivity index (χ2n) is 5.89. The van der Waals surface area contributed by atoms with Gasteiger partial charge >= 0.3 is 0 Å². The van der Waals surface area contributed by atoms with E-state index in [0.29, 0.717) is 24.2 Å². The van der Waals surface area contributed by atoms with Crippen LogP contribution in [0.4, 0.5) is 0 Å². The van der Waals surface area contributed by atoms with E-state index in [1.54, 1.807) is 24.8 Å². The molecule has 5 nitrogen and oxygen atoms in total. The van der Waals surface area contributed by atoms with Gasteiger partial charge in [-0.3, -0.25) is 4.79 Å². The molecule has 0 aliphatic carbocycles. The molecule has 2 aromatic carbocycles. The number of hydrogen-bond donors (Lipinski definition) is 1. The van der Waals surface area contributed by atoms with Crippen LogP contribution >= 0.6 is 0 Å². The summed E-state index contributed by atoms with van der Waals surface area (Å²) in [5.74, 6) is -0.186. The summed E-state index contributed by atoms with van der Waals surface area (Å²) in [6, 6.07) is 11.0. The summed E-state index contributed by atoms with van der Waals surface area (Å²) in [6.07, 6.45) is 0. The number of carbonyl (C=O) groups excluding carboxylic acids is 1. The first kappa shape index (κ1) is 15.7. The van der Waals surface area contributed by atoms with Crippen molar-refractivity contribution >= 4 is 15.9 Å². The zero-order chi connectivity index (χ0) is 16.8. The van der Waals surface area contributed by atoms with Gasteiger partial charge in [-0.1, -0.05) is 24.3 Å². The van der Waals surface area contributed by atoms with Crippen molar-refractivity contribution in [3.63, 3.8) is 0 Å². The van der Waals surface area contributed by atoms with E-state index in [2.05, 4.69) is 0 Å². The quantitative estimate of drug-likeness (QED) is 0.916. The van der Waals surface area contributed by atoms with Crippen molar-refractivity contribution in [1.29, 1.82) is 0 Å². The van der Waals surface area contributed by atoms with Crippen molar-refractivity contribution in [3.8, 4) is 0 Å². The number of aryl methyl sites for hydroxylation is 1. The summed E-state index contributed by atoms with van der Waals surface area (Å²) in [4.78, 5) is 14.5. The maximum atomic E-state index is 12.7. The van der Waals surface area contributed by atoms with Crippen LogP contribution in [0.2, 0.25) is 0 Å². The predicted octanol–water partition coefficient (Wildman–Crippen LogP) is 2.11. The molecule has 0 aromatic heterocycles. The molecule has 1 aliphatic rings. The average Bonchev–Trinajstić information content (AvgIpc) is 2.91. The largest absolute Gasteiger partial charge is 0.330 e. The molecule has 2 N–H and O–H groups in total. The van der Waals surface area contributed by atoms with Crippen LogP contribution in [0.15, 0.2) is 41.3 Å². The number of sulfonamides is 1. The molecular weight excluding hydrogens is 312 g/mol. The number of nitrogens with zero attached hydrogens (tertiary/aromatic N) is 1. The van der Waals surface area contributed by atoms with Gasteiger partial charge in [0.05, 0.1) is 4.90 Å². The minimum absolute atomic E-state index is 0.0116. The summed E-state index contributed by atoms with van der Waals surface area (Å²) < 4.78 is 23.5. The van der Waals surface area contributed by atoms with Crippen molar-refractivity contribution in [2.45, 2.75) is 31.8 Å². The van der Waals surface area contributed by atoms with E-state index in [4.69, 9.17) is 5.14 Å². The van der Waals surface area contributed by atoms with Crippen LogP contribution in [-0.2, 0) is 23.1 Å². The number of amides is 1. The van der Waals surface area contributed by atoms with Gasteiger partial charge in [-0.15, -0.1) is 0 Å². The first-order valence-electron chi connectivity index (χ1n) is 7.27. The second-order valence-corrected chi connectivity index (χ2v) is 7.42. The van der Waals surface area contributed by atoms with E-state index in [1.165, 1.54) is 6.07 Å². The maximum Gasteiger partial charge on any atom is 0.254 e. The molecule has 1 aliphatic heterocycles. The fourth-order valence-electron chi connectivity index (χ4n) is 2.91. The van der Waals surface area contributed by atoms with Crippen LogP contribution in [-0.4, -0.2) is 19.2 Å². The molecule has 0 saturated carbocycles. The van der Waals surface area contributed by atoms with Crippen LogP contribution in [0.25, 0.3) is 0 Å². The van der Waals surface area contributed by atoms with Gasteiger partial charge in [0, 0.05) is 18.7 Å². The van der Waals surface area contributed by atoms with Gasteiger partial charge in [-0.2, -0.15) is 0 Å². The van der Waals surface area contributed by atoms with Crippen molar-refractivity contribution in [1.82, 2.24) is 4.90 Å². The molecule has 0 fully saturated rings. The van der Waals surface area contributed by atoms with E-state index in [0.717, 1.165) is 16.7 Å². The molecule has 2 aromatic rings. The van der Waals surface area contributed by atoms with Gasteiger partial charge in [0.2, 0.25) is 10.0 Å². The van der Waals surface area contributed by atoms with Crippen LogP contribution in [0.3, 0.4) is 0 Å². The molecule has 1 heterocycles. The molecular formula is C17H18N2O3S. The zero-order valence-corrected chi connectivity index (χ0v) is 13.9. The molecule has 0 bridgehead atoms. The average molecular weight is 330 g/mol. The Balaban J connectivity index is 1.97. The number of hydrogen-bond acceptors (Lipinski definition) is 3. The maximum absolute atomic E-state index is 12.7. The second kappa shape index (κ2) is 5.47. The number of rotatable bonds is 2. The van der Waals surface area contributed by atoms with Crippen molar-refractivity contribution in [2.24, 2.45) is 5.14 Å². The number of fused-ring (bicyclic) bond motifs is 1. The smallest absolute Gasteiger partial charge is 0.254 e. The van der Waals surface area contributed by atoms with Crippen LogP contribution < -0.4 is 5.14 Å². The topological polar surface area (TPSA) is 80.5 Å². The highest BCUT2D eigenvalue weighted by molar-refractivity contribution is 7.89. The molecule has 0 radical (unpaired) electrons. The van der Waals surface area contributed by atoms with Crippen LogP contribution in [0.5, 0.6) is 0 Å². The van der Waals surface area contributed by atoms with Crippen molar-refractivity contribution in [2.75, 3.05) is 0 Å². The minimum Gasteiger partial charge on any atom is -0.330 e. The summed E-state index contributed by atoms with van der Waals surface area (Å²) in [7, 11) is -3.86. The van der Waals surface area contributed by atoms with E-state index in [-0.39, 0.29) is 10.8 Å². The van der Waals surface area contributed by atoms with Crippen LogP contribution in [0, 0.1) is 13.8 Å². The number of nitrogens with two attached hydrogens (primary N) is 1. The van der Waals surface area contributed by atoms with Gasteiger partial charge in [0.25, 0.3) is 5.91 Å². The molecule has 3 rings (SSSR count). The molecule has 0 spiro atoms. The van der Waals surface area contributed by atoms with Gasteiger partial charge < -0.3 is 4.90 Å². The monoisotopic (exact) mass is 330 g/mol. The number of benzene rings is 2. The van der Waals surface area contributed by atoms with E-state index in [9.17, 15) is 13.2 Å². The lowest BCUT2D eigenvalue weighted by atomic mass is 10.1. The van der Waals surface area contributed by atoms with E-state index in [1.807, 2.05) is 24.3 Å². The highest BCUT2D eigenvalue weighted by atomic mass is 32.2. The van der Waals surface area contributed by atoms with Crippen molar-refractivity contribution in [3.05, 3.63) is 64.2 Å². The molecule has 0 unspecified atom stereocenters. The van der Waals surface area contributed by atoms with Crippen LogP contribution in [0.1, 0.15) is 32.6 Å². The molecule has 23 heavy (non-hydrogen) atoms. The first-order valence-corrected chi connectivity index (χ1v) is 8.82. The standard InChI is InChI=1S/C17H18N2O3S/c1-11-7-15(8-16(12(11)2)23(18,21)22)17(20)19-9-13-5-3-4-6-14(13)10-19/h3-8H,9-10H2,1-2H3,(H2,18,21,22). The predicted molar refractivity (Wildman–Crippen MR) is 87.3 cm³/mol. The first-order chi connectivity index (χ1) is 10.8. The molecule has 6 heteroatoms. The van der Waals surface area contributed by atoms with Gasteiger partial charge in [0.15, 0.2) is 0 Å². The third-order valence-corrected chi connectivity index (χ3v) is 5.34. The Hall–Kier alpha value is -2.18. The lowest BCUT2D eigenvalue weighted by molar-refractivity contribution is 0.0751. The Labute approximate surface area is 135 Å². The third-order valence-electron chi connectivity index (χ3n) is 4.30. The third kappa shape index (κ3) is 2.87. The Morgan fingerprint density at radius 2 is 1.65 bits per heavy atom. The van der Waals surface area contributed by atoms with E-state index < -0.39 is 10.0 Å². The van der Waals surface area contributed by atoms with Gasteiger partial charge in [0.1, 0.15) is 0 Å². The molecule has 1 amide bonds. The number of primary sulfonamides is 1. The van der Waals surface area contributed by atoms with Gasteiger partial charge in [-0.05, 0) is 48.2 Å². The SMILES string of the molecule is Cc1cc(C(=O)N2Cc3ccccc3C2)cc(S(N)(=O)=O)c1C. The Morgan fingerprint density at radius 3 is 2.17 bits per heavy atom.